The SMILES string of the molecule is Cc1cc(/C=C2\SC(=O)N(Cc3ccc(F)cc3Cl)C2=O)c(C)n1-c1ccc(O)cc1. The number of aromatic nitrogens is 1. The van der Waals surface area contributed by atoms with Crippen LogP contribution in [0.4, 0.5) is 9.18 Å². The number of phenols is 1. The van der Waals surface area contributed by atoms with Crippen LogP contribution >= 0.6 is 23.4 Å². The van der Waals surface area contributed by atoms with E-state index in [0.717, 1.165) is 45.4 Å². The Bertz CT molecular complexity index is 1230. The van der Waals surface area contributed by atoms with Crippen LogP contribution in [0, 0.1) is 19.7 Å². The highest BCUT2D eigenvalue weighted by Crippen LogP contribution is 2.35. The lowest BCUT2D eigenvalue weighted by molar-refractivity contribution is -0.123. The highest BCUT2D eigenvalue weighted by Gasteiger charge is 2.35. The summed E-state index contributed by atoms with van der Waals surface area (Å²) in [4.78, 5) is 26.8. The average Bonchev–Trinajstić information content (AvgIpc) is 3.14. The molecule has 0 atom stereocenters. The van der Waals surface area contributed by atoms with E-state index in [1.54, 1.807) is 30.3 Å². The van der Waals surface area contributed by atoms with E-state index >= 15 is 0 Å². The van der Waals surface area contributed by atoms with Crippen LogP contribution in [0.1, 0.15) is 22.5 Å². The number of imide groups is 1. The summed E-state index contributed by atoms with van der Waals surface area (Å²) in [5.74, 6) is -0.710. The summed E-state index contributed by atoms with van der Waals surface area (Å²) < 4.78 is 15.3. The number of aromatic hydroxyl groups is 1. The van der Waals surface area contributed by atoms with Gasteiger partial charge in [-0.15, -0.1) is 0 Å². The van der Waals surface area contributed by atoms with Crippen LogP contribution in [-0.2, 0) is 11.3 Å². The number of aryl methyl sites for hydroxylation is 1. The Labute approximate surface area is 187 Å². The zero-order valence-corrected chi connectivity index (χ0v) is 18.3. The van der Waals surface area contributed by atoms with Gasteiger partial charge in [-0.2, -0.15) is 0 Å². The van der Waals surface area contributed by atoms with Crippen molar-refractivity contribution in [2.75, 3.05) is 0 Å². The number of benzene rings is 2. The minimum absolute atomic E-state index is 0.0202. The number of phenolic OH excluding ortho intramolecular Hbond substituents is 1. The summed E-state index contributed by atoms with van der Waals surface area (Å²) in [6.45, 7) is 3.85. The van der Waals surface area contributed by atoms with Crippen molar-refractivity contribution in [1.29, 1.82) is 0 Å². The summed E-state index contributed by atoms with van der Waals surface area (Å²) in [5, 5.41) is 9.30. The summed E-state index contributed by atoms with van der Waals surface area (Å²) in [6.07, 6.45) is 1.70. The van der Waals surface area contributed by atoms with Crippen LogP contribution in [0.2, 0.25) is 5.02 Å². The van der Waals surface area contributed by atoms with E-state index in [0.29, 0.717) is 10.5 Å². The third-order valence-corrected chi connectivity index (χ3v) is 6.34. The Kier molecular flexibility index (Phi) is 5.64. The van der Waals surface area contributed by atoms with Gasteiger partial charge in [0.15, 0.2) is 0 Å². The molecule has 0 radical (unpaired) electrons. The van der Waals surface area contributed by atoms with Crippen molar-refractivity contribution in [2.24, 2.45) is 0 Å². The van der Waals surface area contributed by atoms with E-state index in [9.17, 15) is 19.1 Å². The Balaban J connectivity index is 1.62. The molecule has 1 aliphatic rings. The third-order valence-electron chi connectivity index (χ3n) is 5.08. The van der Waals surface area contributed by atoms with Crippen molar-refractivity contribution in [1.82, 2.24) is 9.47 Å². The first-order chi connectivity index (χ1) is 14.7. The molecule has 3 aromatic rings. The molecule has 5 nitrogen and oxygen atoms in total. The lowest BCUT2D eigenvalue weighted by Crippen LogP contribution is -2.27. The van der Waals surface area contributed by atoms with Crippen molar-refractivity contribution in [3.63, 3.8) is 0 Å². The predicted octanol–water partition coefficient (Wildman–Crippen LogP) is 5.83. The van der Waals surface area contributed by atoms with Crippen LogP contribution in [0.3, 0.4) is 0 Å². The Morgan fingerprint density at radius 2 is 1.81 bits per heavy atom. The summed E-state index contributed by atoms with van der Waals surface area (Å²) in [7, 11) is 0. The molecule has 0 unspecified atom stereocenters. The Morgan fingerprint density at radius 1 is 1.10 bits per heavy atom. The first-order valence-corrected chi connectivity index (χ1v) is 10.6. The van der Waals surface area contributed by atoms with Gasteiger partial charge in [0.1, 0.15) is 11.6 Å². The zero-order valence-electron chi connectivity index (χ0n) is 16.7. The Hall–Kier alpha value is -3.03. The van der Waals surface area contributed by atoms with Gasteiger partial charge in [0, 0.05) is 22.1 Å². The fraction of sp³-hybridized carbons (Fsp3) is 0.130. The maximum absolute atomic E-state index is 13.3. The van der Waals surface area contributed by atoms with Crippen molar-refractivity contribution in [3.05, 3.63) is 86.8 Å². The number of hydrogen-bond donors (Lipinski definition) is 1. The molecule has 4 rings (SSSR count). The molecule has 1 aromatic heterocycles. The fourth-order valence-corrected chi connectivity index (χ4v) is 4.59. The first-order valence-electron chi connectivity index (χ1n) is 9.42. The standard InChI is InChI=1S/C23H18ClFN2O3S/c1-13-9-16(14(2)27(13)18-5-7-19(28)8-6-18)10-21-22(29)26(23(30)31-21)12-15-3-4-17(25)11-20(15)24/h3-11,28H,12H2,1-2H3/b21-10-. The number of amides is 2. The second-order valence-electron chi connectivity index (χ2n) is 7.18. The van der Waals surface area contributed by atoms with Gasteiger partial charge in [-0.05, 0) is 85.3 Å². The quantitative estimate of drug-likeness (QED) is 0.502. The summed E-state index contributed by atoms with van der Waals surface area (Å²) in [6, 6.07) is 12.6. The molecule has 1 aliphatic heterocycles. The van der Waals surface area contributed by atoms with Gasteiger partial charge >= 0.3 is 0 Å². The number of carbonyl (C=O) groups excluding carboxylic acids is 2. The third kappa shape index (κ3) is 4.11. The smallest absolute Gasteiger partial charge is 0.293 e. The first kappa shape index (κ1) is 21.2. The molecule has 0 aliphatic carbocycles. The second kappa shape index (κ2) is 8.24. The van der Waals surface area contributed by atoms with Gasteiger partial charge in [-0.3, -0.25) is 14.5 Å². The molecule has 1 saturated heterocycles. The lowest BCUT2D eigenvalue weighted by atomic mass is 10.2. The van der Waals surface area contributed by atoms with E-state index in [1.807, 2.05) is 24.5 Å². The zero-order chi connectivity index (χ0) is 22.3. The number of thioether (sulfide) groups is 1. The molecule has 1 fully saturated rings. The number of rotatable bonds is 4. The largest absolute Gasteiger partial charge is 0.508 e. The molecule has 2 aromatic carbocycles. The van der Waals surface area contributed by atoms with Crippen molar-refractivity contribution < 1.29 is 19.1 Å². The van der Waals surface area contributed by atoms with Gasteiger partial charge in [-0.25, -0.2) is 4.39 Å². The molecule has 0 spiro atoms. The maximum atomic E-state index is 13.3. The minimum Gasteiger partial charge on any atom is -0.508 e. The molecule has 0 bridgehead atoms. The second-order valence-corrected chi connectivity index (χ2v) is 8.58. The van der Waals surface area contributed by atoms with Gasteiger partial charge in [0.25, 0.3) is 11.1 Å². The molecule has 0 saturated carbocycles. The van der Waals surface area contributed by atoms with E-state index in [1.165, 1.54) is 12.1 Å². The highest BCUT2D eigenvalue weighted by atomic mass is 35.5. The maximum Gasteiger partial charge on any atom is 0.293 e. The van der Waals surface area contributed by atoms with Crippen LogP contribution in [0.5, 0.6) is 5.75 Å². The minimum atomic E-state index is -0.480. The highest BCUT2D eigenvalue weighted by molar-refractivity contribution is 8.18. The number of hydrogen-bond acceptors (Lipinski definition) is 4. The predicted molar refractivity (Wildman–Crippen MR) is 120 cm³/mol. The van der Waals surface area contributed by atoms with E-state index in [2.05, 4.69) is 0 Å². The molecular weight excluding hydrogens is 439 g/mol. The van der Waals surface area contributed by atoms with Gasteiger partial charge < -0.3 is 9.67 Å². The Morgan fingerprint density at radius 3 is 2.48 bits per heavy atom. The van der Waals surface area contributed by atoms with E-state index < -0.39 is 17.0 Å². The fourth-order valence-electron chi connectivity index (χ4n) is 3.53. The van der Waals surface area contributed by atoms with Gasteiger partial charge in [-0.1, -0.05) is 17.7 Å². The monoisotopic (exact) mass is 456 g/mol. The topological polar surface area (TPSA) is 62.5 Å². The van der Waals surface area contributed by atoms with Crippen LogP contribution in [0.25, 0.3) is 11.8 Å². The summed E-state index contributed by atoms with van der Waals surface area (Å²) >= 11 is 6.91. The molecule has 158 valence electrons. The van der Waals surface area contributed by atoms with Gasteiger partial charge in [0.05, 0.1) is 11.4 Å². The molecule has 31 heavy (non-hydrogen) atoms. The lowest BCUT2D eigenvalue weighted by Gasteiger charge is -2.13. The molecular formula is C23H18ClFN2O3S. The number of carbonyl (C=O) groups is 2. The van der Waals surface area contributed by atoms with Crippen LogP contribution < -0.4 is 0 Å². The van der Waals surface area contributed by atoms with Crippen LogP contribution in [0.15, 0.2) is 53.4 Å². The van der Waals surface area contributed by atoms with E-state index in [-0.39, 0.29) is 17.3 Å². The van der Waals surface area contributed by atoms with Crippen molar-refractivity contribution >= 4 is 40.6 Å². The normalized spacial score (nSPS) is 15.4. The van der Waals surface area contributed by atoms with Crippen molar-refractivity contribution in [2.45, 2.75) is 20.4 Å². The molecule has 2 heterocycles. The van der Waals surface area contributed by atoms with Gasteiger partial charge in [0.2, 0.25) is 0 Å². The van der Waals surface area contributed by atoms with Crippen LogP contribution in [-0.4, -0.2) is 25.7 Å². The summed E-state index contributed by atoms with van der Waals surface area (Å²) in [5.41, 5.74) is 4.04. The number of nitrogens with zero attached hydrogens (tertiary/aromatic N) is 2. The molecule has 8 heteroatoms. The van der Waals surface area contributed by atoms with Crippen molar-refractivity contribution in [3.8, 4) is 11.4 Å². The molecule has 1 N–H and O–H groups in total. The molecule has 2 amide bonds. The van der Waals surface area contributed by atoms with E-state index in [4.69, 9.17) is 11.6 Å². The average molecular weight is 457 g/mol. The number of halogens is 2.